The van der Waals surface area contributed by atoms with Gasteiger partial charge in [0.1, 0.15) is 0 Å². The molecule has 86 valence electrons. The number of carboxylic acid groups (broad SMARTS) is 1. The molecule has 0 bridgehead atoms. The molecule has 0 rings (SSSR count). The van der Waals surface area contributed by atoms with Crippen molar-refractivity contribution >= 4 is 11.9 Å². The van der Waals surface area contributed by atoms with Crippen molar-refractivity contribution in [1.82, 2.24) is 5.32 Å². The number of carbonyl (C=O) groups is 2. The molecule has 1 amide bonds. The number of carbonyl (C=O) groups excluding carboxylic acids is 1. The first kappa shape index (κ1) is 13.7. The number of hydrogen-bond donors (Lipinski definition) is 2. The molecule has 0 aliphatic carbocycles. The molecule has 0 fully saturated rings. The van der Waals surface area contributed by atoms with Crippen LogP contribution in [0.25, 0.3) is 0 Å². The van der Waals surface area contributed by atoms with Crippen molar-refractivity contribution in [3.05, 3.63) is 12.2 Å². The zero-order valence-electron chi connectivity index (χ0n) is 9.16. The highest BCUT2D eigenvalue weighted by Crippen LogP contribution is 2.01. The third-order valence-electron chi connectivity index (χ3n) is 1.93. The van der Waals surface area contributed by atoms with Gasteiger partial charge in [-0.25, -0.2) is 0 Å². The van der Waals surface area contributed by atoms with Crippen molar-refractivity contribution in [2.75, 3.05) is 6.54 Å². The molecular formula is C11H19NO3. The van der Waals surface area contributed by atoms with E-state index in [1.165, 1.54) is 6.08 Å². The van der Waals surface area contributed by atoms with Gasteiger partial charge in [-0.05, 0) is 25.8 Å². The maximum absolute atomic E-state index is 10.9. The Morgan fingerprint density at radius 2 is 1.87 bits per heavy atom. The summed E-state index contributed by atoms with van der Waals surface area (Å²) < 4.78 is 0. The third-order valence-corrected chi connectivity index (χ3v) is 1.93. The van der Waals surface area contributed by atoms with Gasteiger partial charge in [0.15, 0.2) is 0 Å². The Morgan fingerprint density at radius 1 is 1.20 bits per heavy atom. The fourth-order valence-electron chi connectivity index (χ4n) is 1.18. The summed E-state index contributed by atoms with van der Waals surface area (Å²) in [5.41, 5.74) is 0. The van der Waals surface area contributed by atoms with Crippen LogP contribution >= 0.6 is 0 Å². The lowest BCUT2D eigenvalue weighted by molar-refractivity contribution is -0.137. The fourth-order valence-corrected chi connectivity index (χ4v) is 1.18. The molecule has 0 aromatic carbocycles. The van der Waals surface area contributed by atoms with Crippen LogP contribution in [0.3, 0.4) is 0 Å². The number of amides is 1. The minimum absolute atomic E-state index is 0.0666. The molecule has 0 atom stereocenters. The molecule has 0 heterocycles. The topological polar surface area (TPSA) is 66.4 Å². The molecule has 0 radical (unpaired) electrons. The minimum atomic E-state index is -0.739. The van der Waals surface area contributed by atoms with E-state index < -0.39 is 5.97 Å². The van der Waals surface area contributed by atoms with Gasteiger partial charge in [-0.3, -0.25) is 9.59 Å². The van der Waals surface area contributed by atoms with Crippen LogP contribution in [0.4, 0.5) is 0 Å². The van der Waals surface area contributed by atoms with E-state index in [0.717, 1.165) is 25.7 Å². The van der Waals surface area contributed by atoms with Crippen molar-refractivity contribution in [3.63, 3.8) is 0 Å². The monoisotopic (exact) mass is 213 g/mol. The Hall–Kier alpha value is -1.32. The number of unbranched alkanes of at least 4 members (excludes halogenated alkanes) is 3. The van der Waals surface area contributed by atoms with Crippen LogP contribution in [0, 0.1) is 0 Å². The van der Waals surface area contributed by atoms with Gasteiger partial charge in [-0.15, -0.1) is 0 Å². The minimum Gasteiger partial charge on any atom is -0.481 e. The van der Waals surface area contributed by atoms with Crippen LogP contribution < -0.4 is 5.32 Å². The second-order valence-corrected chi connectivity index (χ2v) is 3.35. The third kappa shape index (κ3) is 10.6. The van der Waals surface area contributed by atoms with Crippen molar-refractivity contribution in [1.29, 1.82) is 0 Å². The van der Waals surface area contributed by atoms with Crippen molar-refractivity contribution in [2.45, 2.75) is 39.0 Å². The first-order valence-electron chi connectivity index (χ1n) is 5.29. The molecule has 0 saturated heterocycles. The first-order valence-corrected chi connectivity index (χ1v) is 5.29. The summed E-state index contributed by atoms with van der Waals surface area (Å²) in [6, 6.07) is 0. The highest BCUT2D eigenvalue weighted by Gasteiger charge is 1.97. The van der Waals surface area contributed by atoms with E-state index in [1.807, 2.05) is 0 Å². The maximum atomic E-state index is 10.9. The average molecular weight is 213 g/mol. The van der Waals surface area contributed by atoms with Gasteiger partial charge in [0, 0.05) is 13.0 Å². The molecule has 0 unspecified atom stereocenters. The summed E-state index contributed by atoms with van der Waals surface area (Å²) in [6.45, 7) is 2.46. The molecule has 15 heavy (non-hydrogen) atoms. The van der Waals surface area contributed by atoms with Crippen LogP contribution in [0.15, 0.2) is 12.2 Å². The van der Waals surface area contributed by atoms with Crippen LogP contribution in [0.5, 0.6) is 0 Å². The van der Waals surface area contributed by atoms with E-state index in [2.05, 4.69) is 5.32 Å². The largest absolute Gasteiger partial charge is 0.481 e. The Labute approximate surface area is 90.4 Å². The van der Waals surface area contributed by atoms with E-state index in [4.69, 9.17) is 5.11 Å². The Morgan fingerprint density at radius 3 is 2.47 bits per heavy atom. The second kappa shape index (κ2) is 9.24. The number of allylic oxidation sites excluding steroid dienone is 1. The highest BCUT2D eigenvalue weighted by atomic mass is 16.4. The van der Waals surface area contributed by atoms with Gasteiger partial charge in [-0.2, -0.15) is 0 Å². The lowest BCUT2D eigenvalue weighted by Gasteiger charge is -2.01. The maximum Gasteiger partial charge on any atom is 0.303 e. The molecule has 4 nitrogen and oxygen atoms in total. The molecule has 0 aromatic heterocycles. The first-order chi connectivity index (χ1) is 7.16. The van der Waals surface area contributed by atoms with Gasteiger partial charge in [0.25, 0.3) is 0 Å². The highest BCUT2D eigenvalue weighted by molar-refractivity contribution is 5.87. The zero-order chi connectivity index (χ0) is 11.5. The standard InChI is InChI=1S/C11H19NO3/c1-2-7-10(13)12-9-6-4-3-5-8-11(14)15/h2,7H,3-6,8-9H2,1H3,(H,12,13)(H,14,15)/b7-2+. The van der Waals surface area contributed by atoms with E-state index in [0.29, 0.717) is 6.54 Å². The molecule has 4 heteroatoms. The SMILES string of the molecule is C/C=C/C(=O)NCCCCCCC(=O)O. The Kier molecular flexibility index (Phi) is 8.43. The van der Waals surface area contributed by atoms with Gasteiger partial charge >= 0.3 is 5.97 Å². The number of rotatable bonds is 8. The van der Waals surface area contributed by atoms with Gasteiger partial charge in [0.05, 0.1) is 0 Å². The lowest BCUT2D eigenvalue weighted by atomic mass is 10.1. The molecule has 0 spiro atoms. The summed E-state index contributed by atoms with van der Waals surface area (Å²) in [4.78, 5) is 21.1. The number of aliphatic carboxylic acids is 1. The number of hydrogen-bond acceptors (Lipinski definition) is 2. The normalized spacial score (nSPS) is 10.5. The molecule has 0 saturated carbocycles. The molecular weight excluding hydrogens is 194 g/mol. The van der Waals surface area contributed by atoms with Gasteiger partial charge in [0.2, 0.25) is 5.91 Å². The van der Waals surface area contributed by atoms with Gasteiger partial charge in [-0.1, -0.05) is 18.9 Å². The number of carboxylic acids is 1. The Balaban J connectivity index is 3.18. The Bertz CT molecular complexity index is 224. The second-order valence-electron chi connectivity index (χ2n) is 3.35. The summed E-state index contributed by atoms with van der Waals surface area (Å²) in [5, 5.41) is 11.1. The quantitative estimate of drug-likeness (QED) is 0.476. The van der Waals surface area contributed by atoms with Crippen LogP contribution in [0.1, 0.15) is 39.0 Å². The van der Waals surface area contributed by atoms with E-state index >= 15 is 0 Å². The van der Waals surface area contributed by atoms with E-state index in [9.17, 15) is 9.59 Å². The van der Waals surface area contributed by atoms with E-state index in [-0.39, 0.29) is 12.3 Å². The molecule has 2 N–H and O–H groups in total. The molecule has 0 aromatic rings. The van der Waals surface area contributed by atoms with Crippen LogP contribution in [0.2, 0.25) is 0 Å². The fraction of sp³-hybridized carbons (Fsp3) is 0.636. The summed E-state index contributed by atoms with van der Waals surface area (Å²) in [6.07, 6.45) is 6.92. The van der Waals surface area contributed by atoms with Crippen molar-refractivity contribution in [3.8, 4) is 0 Å². The zero-order valence-corrected chi connectivity index (χ0v) is 9.16. The smallest absolute Gasteiger partial charge is 0.303 e. The predicted molar refractivity (Wildman–Crippen MR) is 58.5 cm³/mol. The van der Waals surface area contributed by atoms with Gasteiger partial charge < -0.3 is 10.4 Å². The average Bonchev–Trinajstić information content (AvgIpc) is 2.16. The summed E-state index contributed by atoms with van der Waals surface area (Å²) in [5.74, 6) is -0.806. The van der Waals surface area contributed by atoms with Crippen molar-refractivity contribution < 1.29 is 14.7 Å². The predicted octanol–water partition coefficient (Wildman–Crippen LogP) is 1.71. The van der Waals surface area contributed by atoms with Crippen molar-refractivity contribution in [2.24, 2.45) is 0 Å². The van der Waals surface area contributed by atoms with Crippen LogP contribution in [-0.2, 0) is 9.59 Å². The van der Waals surface area contributed by atoms with Crippen LogP contribution in [-0.4, -0.2) is 23.5 Å². The summed E-state index contributed by atoms with van der Waals surface area (Å²) >= 11 is 0. The number of nitrogens with one attached hydrogen (secondary N) is 1. The molecule has 0 aliphatic heterocycles. The lowest BCUT2D eigenvalue weighted by Crippen LogP contribution is -2.21. The van der Waals surface area contributed by atoms with E-state index in [1.54, 1.807) is 13.0 Å². The molecule has 0 aliphatic rings. The summed E-state index contributed by atoms with van der Waals surface area (Å²) in [7, 11) is 0.